The summed E-state index contributed by atoms with van der Waals surface area (Å²) in [5.41, 5.74) is 2.32. The standard InChI is InChI=1S/C16H12O/c17-14-10-8-13(9-11-14)16-7-3-5-12-4-1-2-6-15(12)16/h1-11,17H. The number of benzene rings is 3. The molecule has 1 heteroatoms. The summed E-state index contributed by atoms with van der Waals surface area (Å²) in [6.07, 6.45) is 0. The number of hydrogen-bond acceptors (Lipinski definition) is 1. The summed E-state index contributed by atoms with van der Waals surface area (Å²) >= 11 is 0. The van der Waals surface area contributed by atoms with E-state index in [4.69, 9.17) is 0 Å². The highest BCUT2D eigenvalue weighted by atomic mass is 16.3. The van der Waals surface area contributed by atoms with Gasteiger partial charge in [-0.2, -0.15) is 0 Å². The number of aromatic hydroxyl groups is 1. The van der Waals surface area contributed by atoms with Crippen molar-refractivity contribution in [3.05, 3.63) is 66.7 Å². The summed E-state index contributed by atoms with van der Waals surface area (Å²) in [5, 5.41) is 11.8. The monoisotopic (exact) mass is 220 g/mol. The molecule has 1 nitrogen and oxygen atoms in total. The summed E-state index contributed by atoms with van der Waals surface area (Å²) in [4.78, 5) is 0. The number of rotatable bonds is 1. The maximum atomic E-state index is 9.32. The van der Waals surface area contributed by atoms with Gasteiger partial charge in [-0.3, -0.25) is 0 Å². The molecule has 1 N–H and O–H groups in total. The van der Waals surface area contributed by atoms with E-state index in [1.165, 1.54) is 16.3 Å². The van der Waals surface area contributed by atoms with Crippen LogP contribution in [0.1, 0.15) is 0 Å². The smallest absolute Gasteiger partial charge is 0.115 e. The minimum absolute atomic E-state index is 0.300. The highest BCUT2D eigenvalue weighted by molar-refractivity contribution is 5.96. The molecule has 0 fully saturated rings. The molecule has 3 aromatic carbocycles. The van der Waals surface area contributed by atoms with Crippen molar-refractivity contribution in [2.75, 3.05) is 0 Å². The average molecular weight is 220 g/mol. The second-order valence-electron chi connectivity index (χ2n) is 4.07. The van der Waals surface area contributed by atoms with Gasteiger partial charge in [0.1, 0.15) is 5.75 Å². The first-order valence-electron chi connectivity index (χ1n) is 5.62. The predicted molar refractivity (Wildman–Crippen MR) is 71.0 cm³/mol. The van der Waals surface area contributed by atoms with Crippen molar-refractivity contribution in [2.45, 2.75) is 0 Å². The topological polar surface area (TPSA) is 20.2 Å². The lowest BCUT2D eigenvalue weighted by Crippen LogP contribution is -1.80. The van der Waals surface area contributed by atoms with E-state index in [2.05, 4.69) is 30.3 Å². The van der Waals surface area contributed by atoms with Crippen molar-refractivity contribution in [2.24, 2.45) is 0 Å². The van der Waals surface area contributed by atoms with Gasteiger partial charge >= 0.3 is 0 Å². The van der Waals surface area contributed by atoms with Crippen LogP contribution >= 0.6 is 0 Å². The van der Waals surface area contributed by atoms with Crippen LogP contribution < -0.4 is 0 Å². The zero-order valence-corrected chi connectivity index (χ0v) is 9.30. The molecule has 0 aliphatic rings. The molecule has 3 rings (SSSR count). The summed E-state index contributed by atoms with van der Waals surface area (Å²) in [6, 6.07) is 21.9. The van der Waals surface area contributed by atoms with Crippen LogP contribution in [-0.2, 0) is 0 Å². The number of phenolic OH excluding ortho intramolecular Hbond substituents is 1. The van der Waals surface area contributed by atoms with Gasteiger partial charge in [0.25, 0.3) is 0 Å². The Balaban J connectivity index is 2.27. The van der Waals surface area contributed by atoms with Crippen LogP contribution in [0, 0.1) is 0 Å². The molecule has 0 heterocycles. The molecule has 0 aromatic heterocycles. The van der Waals surface area contributed by atoms with E-state index in [-0.39, 0.29) is 0 Å². The van der Waals surface area contributed by atoms with Crippen molar-refractivity contribution in [3.8, 4) is 16.9 Å². The number of fused-ring (bicyclic) bond motifs is 1. The van der Waals surface area contributed by atoms with Crippen molar-refractivity contribution in [1.82, 2.24) is 0 Å². The Morgan fingerprint density at radius 1 is 0.647 bits per heavy atom. The summed E-state index contributed by atoms with van der Waals surface area (Å²) in [7, 11) is 0. The number of hydrogen-bond donors (Lipinski definition) is 1. The lowest BCUT2D eigenvalue weighted by molar-refractivity contribution is 0.475. The second-order valence-corrected chi connectivity index (χ2v) is 4.07. The molecule has 0 spiro atoms. The molecule has 0 saturated carbocycles. The van der Waals surface area contributed by atoms with Crippen LogP contribution in [0.25, 0.3) is 21.9 Å². The fourth-order valence-corrected chi connectivity index (χ4v) is 2.12. The van der Waals surface area contributed by atoms with Crippen molar-refractivity contribution >= 4 is 10.8 Å². The molecule has 0 saturated heterocycles. The Labute approximate surface area is 100.0 Å². The summed E-state index contributed by atoms with van der Waals surface area (Å²) < 4.78 is 0. The minimum Gasteiger partial charge on any atom is -0.508 e. The van der Waals surface area contributed by atoms with Gasteiger partial charge in [0.2, 0.25) is 0 Å². The van der Waals surface area contributed by atoms with Crippen molar-refractivity contribution < 1.29 is 5.11 Å². The molecule has 0 aliphatic carbocycles. The maximum Gasteiger partial charge on any atom is 0.115 e. The predicted octanol–water partition coefficient (Wildman–Crippen LogP) is 4.21. The van der Waals surface area contributed by atoms with Crippen LogP contribution in [0.5, 0.6) is 5.75 Å². The van der Waals surface area contributed by atoms with E-state index >= 15 is 0 Å². The van der Waals surface area contributed by atoms with E-state index in [0.717, 1.165) is 5.56 Å². The van der Waals surface area contributed by atoms with Gasteiger partial charge in [0.15, 0.2) is 0 Å². The second kappa shape index (κ2) is 3.95. The van der Waals surface area contributed by atoms with Crippen LogP contribution in [0.4, 0.5) is 0 Å². The minimum atomic E-state index is 0.300. The zero-order valence-electron chi connectivity index (χ0n) is 9.30. The Hall–Kier alpha value is -2.28. The van der Waals surface area contributed by atoms with Crippen molar-refractivity contribution in [1.29, 1.82) is 0 Å². The molecule has 17 heavy (non-hydrogen) atoms. The maximum absolute atomic E-state index is 9.32. The lowest BCUT2D eigenvalue weighted by atomic mass is 9.98. The van der Waals surface area contributed by atoms with Gasteiger partial charge in [0.05, 0.1) is 0 Å². The van der Waals surface area contributed by atoms with E-state index in [1.54, 1.807) is 12.1 Å². The van der Waals surface area contributed by atoms with Crippen LogP contribution in [0.15, 0.2) is 66.7 Å². The van der Waals surface area contributed by atoms with Gasteiger partial charge in [-0.25, -0.2) is 0 Å². The van der Waals surface area contributed by atoms with E-state index in [1.807, 2.05) is 24.3 Å². The zero-order chi connectivity index (χ0) is 11.7. The highest BCUT2D eigenvalue weighted by Crippen LogP contribution is 2.29. The van der Waals surface area contributed by atoms with Crippen molar-refractivity contribution in [3.63, 3.8) is 0 Å². The molecule has 0 bridgehead atoms. The Morgan fingerprint density at radius 2 is 1.35 bits per heavy atom. The Morgan fingerprint density at radius 3 is 2.18 bits per heavy atom. The molecule has 82 valence electrons. The molecule has 0 radical (unpaired) electrons. The molecular formula is C16H12O. The highest BCUT2D eigenvalue weighted by Gasteiger charge is 2.02. The fraction of sp³-hybridized carbons (Fsp3) is 0. The third-order valence-electron chi connectivity index (χ3n) is 2.97. The third-order valence-corrected chi connectivity index (χ3v) is 2.97. The van der Waals surface area contributed by atoms with Gasteiger partial charge in [-0.15, -0.1) is 0 Å². The first kappa shape index (κ1) is 9.91. The molecule has 3 aromatic rings. The quantitative estimate of drug-likeness (QED) is 0.651. The van der Waals surface area contributed by atoms with Crippen LogP contribution in [0.2, 0.25) is 0 Å². The van der Waals surface area contributed by atoms with E-state index in [0.29, 0.717) is 5.75 Å². The van der Waals surface area contributed by atoms with Gasteiger partial charge in [-0.1, -0.05) is 54.6 Å². The summed E-state index contributed by atoms with van der Waals surface area (Å²) in [5.74, 6) is 0.300. The normalized spacial score (nSPS) is 10.6. The lowest BCUT2D eigenvalue weighted by Gasteiger charge is -2.06. The third kappa shape index (κ3) is 1.76. The SMILES string of the molecule is Oc1ccc(-c2cccc3ccccc23)cc1. The molecule has 0 atom stereocenters. The van der Waals surface area contributed by atoms with E-state index in [9.17, 15) is 5.11 Å². The van der Waals surface area contributed by atoms with Gasteiger partial charge < -0.3 is 5.11 Å². The number of phenols is 1. The Kier molecular flexibility index (Phi) is 2.30. The average Bonchev–Trinajstić information content (AvgIpc) is 2.39. The summed E-state index contributed by atoms with van der Waals surface area (Å²) in [6.45, 7) is 0. The van der Waals surface area contributed by atoms with Gasteiger partial charge in [0, 0.05) is 0 Å². The molecule has 0 amide bonds. The first-order chi connectivity index (χ1) is 8.34. The van der Waals surface area contributed by atoms with Crippen LogP contribution in [-0.4, -0.2) is 5.11 Å². The molecule has 0 unspecified atom stereocenters. The molecule has 0 aliphatic heterocycles. The first-order valence-corrected chi connectivity index (χ1v) is 5.62. The van der Waals surface area contributed by atoms with Crippen LogP contribution in [0.3, 0.4) is 0 Å². The fourth-order valence-electron chi connectivity index (χ4n) is 2.12. The Bertz CT molecular complexity index is 648. The van der Waals surface area contributed by atoms with Gasteiger partial charge in [-0.05, 0) is 34.0 Å². The largest absolute Gasteiger partial charge is 0.508 e. The molecular weight excluding hydrogens is 208 g/mol. The van der Waals surface area contributed by atoms with E-state index < -0.39 is 0 Å².